The Labute approximate surface area is 136 Å². The average molecular weight is 333 g/mol. The Kier molecular flexibility index (Phi) is 8.76. The molecular formula is C17H26F3NS. The van der Waals surface area contributed by atoms with Crippen LogP contribution in [-0.2, 0) is 6.18 Å². The summed E-state index contributed by atoms with van der Waals surface area (Å²) in [6.45, 7) is 3.89. The molecule has 0 fully saturated rings. The normalized spacial score (nSPS) is 11.7. The molecular weight excluding hydrogens is 307 g/mol. The van der Waals surface area contributed by atoms with E-state index in [1.54, 1.807) is 24.8 Å². The first-order valence-corrected chi connectivity index (χ1v) is 9.09. The molecule has 1 aromatic carbocycles. The third kappa shape index (κ3) is 7.97. The van der Waals surface area contributed by atoms with Gasteiger partial charge in [0.15, 0.2) is 0 Å². The molecule has 5 heteroatoms. The Morgan fingerprint density at radius 2 is 1.68 bits per heavy atom. The molecule has 0 aromatic heterocycles. The minimum absolute atomic E-state index is 0.544. The second-order valence-electron chi connectivity index (χ2n) is 5.58. The predicted molar refractivity (Wildman–Crippen MR) is 90.5 cm³/mol. The van der Waals surface area contributed by atoms with E-state index in [1.807, 2.05) is 0 Å². The van der Waals surface area contributed by atoms with Gasteiger partial charge in [-0.25, -0.2) is 0 Å². The fraction of sp³-hybridized carbons (Fsp3) is 0.647. The predicted octanol–water partition coefficient (Wildman–Crippen LogP) is 6.48. The van der Waals surface area contributed by atoms with E-state index in [-0.39, 0.29) is 0 Å². The maximum atomic E-state index is 12.7. The largest absolute Gasteiger partial charge is 0.416 e. The van der Waals surface area contributed by atoms with Crippen LogP contribution in [0.1, 0.15) is 56.6 Å². The van der Waals surface area contributed by atoms with Crippen LogP contribution in [0.3, 0.4) is 0 Å². The lowest BCUT2D eigenvalue weighted by molar-refractivity contribution is -0.137. The standard InChI is InChI=1S/C17H26F3NS/c1-3-4-5-6-7-8-9-22-13-21-16-11-14(2)10-15(12-16)17(18,19)20/h10-12,21H,3-9,13H2,1-2H3. The molecule has 0 bridgehead atoms. The van der Waals surface area contributed by atoms with Crippen molar-refractivity contribution in [1.29, 1.82) is 0 Å². The number of hydrogen-bond acceptors (Lipinski definition) is 2. The van der Waals surface area contributed by atoms with Gasteiger partial charge in [0.25, 0.3) is 0 Å². The number of halogens is 3. The highest BCUT2D eigenvalue weighted by Crippen LogP contribution is 2.31. The van der Waals surface area contributed by atoms with Crippen LogP contribution in [0.15, 0.2) is 18.2 Å². The highest BCUT2D eigenvalue weighted by Gasteiger charge is 2.30. The van der Waals surface area contributed by atoms with Gasteiger partial charge in [-0.05, 0) is 42.9 Å². The van der Waals surface area contributed by atoms with Crippen LogP contribution >= 0.6 is 11.8 Å². The van der Waals surface area contributed by atoms with Crippen LogP contribution in [0.25, 0.3) is 0 Å². The first kappa shape index (κ1) is 19.2. The SMILES string of the molecule is CCCCCCCCSCNc1cc(C)cc(C(F)(F)F)c1. The number of benzene rings is 1. The van der Waals surface area contributed by atoms with Crippen molar-refractivity contribution in [3.63, 3.8) is 0 Å². The minimum Gasteiger partial charge on any atom is -0.376 e. The van der Waals surface area contributed by atoms with Gasteiger partial charge in [0.2, 0.25) is 0 Å². The zero-order valence-corrected chi connectivity index (χ0v) is 14.2. The van der Waals surface area contributed by atoms with E-state index in [0.717, 1.165) is 5.75 Å². The van der Waals surface area contributed by atoms with Gasteiger partial charge >= 0.3 is 6.18 Å². The fourth-order valence-electron chi connectivity index (χ4n) is 2.24. The highest BCUT2D eigenvalue weighted by molar-refractivity contribution is 7.99. The van der Waals surface area contributed by atoms with E-state index in [9.17, 15) is 13.2 Å². The van der Waals surface area contributed by atoms with Gasteiger partial charge in [0.05, 0.1) is 11.4 Å². The molecule has 0 saturated carbocycles. The Hall–Kier alpha value is -0.840. The fourth-order valence-corrected chi connectivity index (χ4v) is 3.06. The maximum absolute atomic E-state index is 12.7. The number of alkyl halides is 3. The number of hydrogen-bond donors (Lipinski definition) is 1. The molecule has 126 valence electrons. The zero-order valence-electron chi connectivity index (χ0n) is 13.4. The summed E-state index contributed by atoms with van der Waals surface area (Å²) in [5.41, 5.74) is 0.581. The van der Waals surface area contributed by atoms with Gasteiger partial charge in [-0.15, -0.1) is 11.8 Å². The molecule has 0 unspecified atom stereocenters. The third-order valence-corrected chi connectivity index (χ3v) is 4.35. The van der Waals surface area contributed by atoms with Crippen LogP contribution in [0, 0.1) is 6.92 Å². The molecule has 0 aliphatic carbocycles. The Morgan fingerprint density at radius 3 is 2.36 bits per heavy atom. The number of aryl methyl sites for hydroxylation is 1. The second-order valence-corrected chi connectivity index (χ2v) is 6.69. The van der Waals surface area contributed by atoms with Gasteiger partial charge < -0.3 is 5.32 Å². The van der Waals surface area contributed by atoms with Gasteiger partial charge in [0, 0.05) is 5.69 Å². The molecule has 0 aliphatic rings. The van der Waals surface area contributed by atoms with Crippen LogP contribution < -0.4 is 5.32 Å². The smallest absolute Gasteiger partial charge is 0.376 e. The summed E-state index contributed by atoms with van der Waals surface area (Å²) >= 11 is 1.74. The lowest BCUT2D eigenvalue weighted by Crippen LogP contribution is -2.07. The van der Waals surface area contributed by atoms with Gasteiger partial charge in [-0.1, -0.05) is 39.0 Å². The van der Waals surface area contributed by atoms with Crippen LogP contribution in [0.5, 0.6) is 0 Å². The Balaban J connectivity index is 2.24. The number of thioether (sulfide) groups is 1. The zero-order chi connectivity index (χ0) is 16.4. The topological polar surface area (TPSA) is 12.0 Å². The van der Waals surface area contributed by atoms with Gasteiger partial charge in [-0.2, -0.15) is 13.2 Å². The molecule has 0 spiro atoms. The average Bonchev–Trinajstić information content (AvgIpc) is 2.44. The third-order valence-electron chi connectivity index (χ3n) is 3.43. The van der Waals surface area contributed by atoms with Gasteiger partial charge in [0.1, 0.15) is 0 Å². The number of unbranched alkanes of at least 4 members (excludes halogenated alkanes) is 5. The van der Waals surface area contributed by atoms with E-state index in [2.05, 4.69) is 12.2 Å². The van der Waals surface area contributed by atoms with Crippen molar-refractivity contribution in [2.45, 2.75) is 58.5 Å². The minimum atomic E-state index is -4.28. The molecule has 1 N–H and O–H groups in total. The first-order chi connectivity index (χ1) is 10.4. The molecule has 0 heterocycles. The quantitative estimate of drug-likeness (QED) is 0.388. The first-order valence-electron chi connectivity index (χ1n) is 7.94. The molecule has 0 atom stereocenters. The van der Waals surface area contributed by atoms with Crippen molar-refractivity contribution < 1.29 is 13.2 Å². The highest BCUT2D eigenvalue weighted by atomic mass is 32.2. The number of rotatable bonds is 10. The summed E-state index contributed by atoms with van der Waals surface area (Å²) in [6.07, 6.45) is 3.30. The van der Waals surface area contributed by atoms with Gasteiger partial charge in [-0.3, -0.25) is 0 Å². The Bertz CT molecular complexity index is 432. The van der Waals surface area contributed by atoms with Crippen molar-refractivity contribution in [3.8, 4) is 0 Å². The van der Waals surface area contributed by atoms with Crippen molar-refractivity contribution in [3.05, 3.63) is 29.3 Å². The Morgan fingerprint density at radius 1 is 1.00 bits per heavy atom. The summed E-state index contributed by atoms with van der Waals surface area (Å²) < 4.78 is 38.2. The molecule has 1 aromatic rings. The summed E-state index contributed by atoms with van der Waals surface area (Å²) in [5, 5.41) is 3.07. The van der Waals surface area contributed by atoms with Crippen molar-refractivity contribution in [2.24, 2.45) is 0 Å². The van der Waals surface area contributed by atoms with Crippen LogP contribution in [-0.4, -0.2) is 11.6 Å². The van der Waals surface area contributed by atoms with E-state index in [0.29, 0.717) is 17.1 Å². The number of anilines is 1. The van der Waals surface area contributed by atoms with Crippen molar-refractivity contribution in [2.75, 3.05) is 16.9 Å². The summed E-state index contributed by atoms with van der Waals surface area (Å²) in [6, 6.07) is 4.10. The maximum Gasteiger partial charge on any atom is 0.416 e. The van der Waals surface area contributed by atoms with Crippen LogP contribution in [0.4, 0.5) is 18.9 Å². The second kappa shape index (κ2) is 10.0. The van der Waals surface area contributed by atoms with Crippen molar-refractivity contribution >= 4 is 17.4 Å². The van der Waals surface area contributed by atoms with E-state index in [1.165, 1.54) is 50.7 Å². The molecule has 22 heavy (non-hydrogen) atoms. The number of nitrogens with one attached hydrogen (secondary N) is 1. The van der Waals surface area contributed by atoms with E-state index >= 15 is 0 Å². The lowest BCUT2D eigenvalue weighted by atomic mass is 10.1. The van der Waals surface area contributed by atoms with Crippen LogP contribution in [0.2, 0.25) is 0 Å². The molecule has 0 saturated heterocycles. The summed E-state index contributed by atoms with van der Waals surface area (Å²) in [4.78, 5) is 0. The molecule has 1 rings (SSSR count). The summed E-state index contributed by atoms with van der Waals surface area (Å²) in [5.74, 6) is 1.70. The van der Waals surface area contributed by atoms with E-state index < -0.39 is 11.7 Å². The van der Waals surface area contributed by atoms with Crippen molar-refractivity contribution in [1.82, 2.24) is 0 Å². The lowest BCUT2D eigenvalue weighted by Gasteiger charge is -2.12. The molecule has 1 nitrogen and oxygen atoms in total. The van der Waals surface area contributed by atoms with E-state index in [4.69, 9.17) is 0 Å². The molecule has 0 radical (unpaired) electrons. The summed E-state index contributed by atoms with van der Waals surface area (Å²) in [7, 11) is 0. The monoisotopic (exact) mass is 333 g/mol. The molecule has 0 aliphatic heterocycles. The molecule has 0 amide bonds.